The number of rotatable bonds is 6. The van der Waals surface area contributed by atoms with E-state index in [9.17, 15) is 0 Å². The third-order valence-electron chi connectivity index (χ3n) is 14.6. The minimum atomic E-state index is -0.638. The Labute approximate surface area is 401 Å². The first kappa shape index (κ1) is 39.1. The van der Waals surface area contributed by atoms with Crippen molar-refractivity contribution in [1.29, 1.82) is 0 Å². The van der Waals surface area contributed by atoms with Gasteiger partial charge in [-0.05, 0) is 122 Å². The molecule has 10 aromatic carbocycles. The molecule has 12 aromatic rings. The summed E-state index contributed by atoms with van der Waals surface area (Å²) in [5.41, 5.74) is 22.5. The van der Waals surface area contributed by atoms with E-state index in [1.54, 1.807) is 0 Å². The van der Waals surface area contributed by atoms with Gasteiger partial charge in [0.25, 0.3) is 0 Å². The molecule has 0 bridgehead atoms. The van der Waals surface area contributed by atoms with Gasteiger partial charge in [-0.15, -0.1) is 0 Å². The maximum Gasteiger partial charge on any atom is 0.0754 e. The van der Waals surface area contributed by atoms with Crippen molar-refractivity contribution in [2.24, 2.45) is 0 Å². The SMILES string of the molecule is c1ccc(-c2cc(-c3ccccc3)nc(-c3cccc4c3-c3cc(-c5ccc6c7ccccc7n(-c7ccccc7)c6c5)ccc3C43c4ccccc4N(c4ccccc4)c4ccccc43)c2)cc1. The van der Waals surface area contributed by atoms with Crippen LogP contribution >= 0.6 is 0 Å². The van der Waals surface area contributed by atoms with Crippen LogP contribution < -0.4 is 4.90 Å². The Morgan fingerprint density at radius 3 is 1.58 bits per heavy atom. The van der Waals surface area contributed by atoms with Crippen molar-refractivity contribution in [1.82, 2.24) is 9.55 Å². The van der Waals surface area contributed by atoms with E-state index in [0.29, 0.717) is 0 Å². The maximum absolute atomic E-state index is 5.59. The Bertz CT molecular complexity index is 3840. The van der Waals surface area contributed by atoms with E-state index in [1.165, 1.54) is 72.1 Å². The molecule has 0 fully saturated rings. The van der Waals surface area contributed by atoms with Crippen LogP contribution in [0.3, 0.4) is 0 Å². The van der Waals surface area contributed by atoms with E-state index >= 15 is 0 Å². The molecule has 1 aliphatic heterocycles. The molecule has 0 saturated carbocycles. The molecule has 69 heavy (non-hydrogen) atoms. The Hall–Kier alpha value is -9.05. The van der Waals surface area contributed by atoms with Crippen LogP contribution in [0.2, 0.25) is 0 Å². The number of para-hydroxylation sites is 5. The quantitative estimate of drug-likeness (QED) is 0.166. The summed E-state index contributed by atoms with van der Waals surface area (Å²) < 4.78 is 2.41. The molecule has 1 aliphatic carbocycles. The lowest BCUT2D eigenvalue weighted by Crippen LogP contribution is -2.36. The van der Waals surface area contributed by atoms with Crippen LogP contribution in [0.5, 0.6) is 0 Å². The summed E-state index contributed by atoms with van der Waals surface area (Å²) in [7, 11) is 0. The lowest BCUT2D eigenvalue weighted by Gasteiger charge is -2.45. The number of hydrogen-bond acceptors (Lipinski definition) is 2. The van der Waals surface area contributed by atoms with E-state index in [0.717, 1.165) is 50.6 Å². The molecule has 0 N–H and O–H groups in total. The monoisotopic (exact) mass is 877 g/mol. The molecule has 14 rings (SSSR count). The zero-order chi connectivity index (χ0) is 45.5. The van der Waals surface area contributed by atoms with Crippen LogP contribution in [0.1, 0.15) is 22.3 Å². The number of nitrogens with zero attached hydrogens (tertiary/aromatic N) is 3. The Balaban J connectivity index is 1.06. The van der Waals surface area contributed by atoms with Crippen LogP contribution in [-0.2, 0) is 5.41 Å². The minimum absolute atomic E-state index is 0.638. The highest BCUT2D eigenvalue weighted by atomic mass is 15.2. The van der Waals surface area contributed by atoms with Gasteiger partial charge in [-0.2, -0.15) is 0 Å². The second kappa shape index (κ2) is 15.5. The Morgan fingerprint density at radius 1 is 0.304 bits per heavy atom. The van der Waals surface area contributed by atoms with Crippen molar-refractivity contribution in [2.45, 2.75) is 5.41 Å². The minimum Gasteiger partial charge on any atom is -0.310 e. The lowest BCUT2D eigenvalue weighted by molar-refractivity contribution is 0.753. The Morgan fingerprint density at radius 2 is 0.855 bits per heavy atom. The largest absolute Gasteiger partial charge is 0.310 e. The fraction of sp³-hybridized carbons (Fsp3) is 0.0152. The van der Waals surface area contributed by atoms with Crippen LogP contribution in [0.25, 0.3) is 83.4 Å². The molecule has 0 radical (unpaired) electrons. The fourth-order valence-corrected chi connectivity index (χ4v) is 11.7. The first-order chi connectivity index (χ1) is 34.2. The average molecular weight is 878 g/mol. The van der Waals surface area contributed by atoms with Gasteiger partial charge in [-0.3, -0.25) is 0 Å². The van der Waals surface area contributed by atoms with E-state index in [4.69, 9.17) is 4.98 Å². The summed E-state index contributed by atoms with van der Waals surface area (Å²) in [6.07, 6.45) is 0. The molecule has 2 aliphatic rings. The van der Waals surface area contributed by atoms with Crippen LogP contribution in [-0.4, -0.2) is 9.55 Å². The summed E-state index contributed by atoms with van der Waals surface area (Å²) >= 11 is 0. The number of aromatic nitrogens is 2. The summed E-state index contributed by atoms with van der Waals surface area (Å²) in [5, 5.41) is 2.49. The van der Waals surface area contributed by atoms with Gasteiger partial charge in [0.1, 0.15) is 0 Å². The number of pyridine rings is 1. The summed E-state index contributed by atoms with van der Waals surface area (Å²) in [4.78, 5) is 8.04. The maximum atomic E-state index is 5.59. The third kappa shape index (κ3) is 5.90. The van der Waals surface area contributed by atoms with Crippen molar-refractivity contribution < 1.29 is 0 Å². The highest BCUT2D eigenvalue weighted by Crippen LogP contribution is 2.65. The van der Waals surface area contributed by atoms with Gasteiger partial charge in [-0.25, -0.2) is 4.98 Å². The highest BCUT2D eigenvalue weighted by Gasteiger charge is 2.52. The van der Waals surface area contributed by atoms with Gasteiger partial charge < -0.3 is 9.47 Å². The molecule has 1 spiro atoms. The van der Waals surface area contributed by atoms with Crippen molar-refractivity contribution in [3.05, 3.63) is 283 Å². The van der Waals surface area contributed by atoms with E-state index < -0.39 is 5.41 Å². The van der Waals surface area contributed by atoms with Crippen molar-refractivity contribution in [2.75, 3.05) is 4.90 Å². The smallest absolute Gasteiger partial charge is 0.0754 e. The predicted molar refractivity (Wildman–Crippen MR) is 286 cm³/mol. The van der Waals surface area contributed by atoms with Crippen LogP contribution in [0, 0.1) is 0 Å². The summed E-state index contributed by atoms with van der Waals surface area (Å²) in [6.45, 7) is 0. The van der Waals surface area contributed by atoms with Crippen LogP contribution in [0.4, 0.5) is 17.1 Å². The first-order valence-electron chi connectivity index (χ1n) is 23.8. The third-order valence-corrected chi connectivity index (χ3v) is 14.6. The molecular weight excluding hydrogens is 835 g/mol. The second-order valence-corrected chi connectivity index (χ2v) is 18.2. The molecule has 0 unspecified atom stereocenters. The van der Waals surface area contributed by atoms with Gasteiger partial charge in [0, 0.05) is 33.3 Å². The molecule has 2 aromatic heterocycles. The summed E-state index contributed by atoms with van der Waals surface area (Å²) in [5.74, 6) is 0. The van der Waals surface area contributed by atoms with Gasteiger partial charge in [0.2, 0.25) is 0 Å². The molecule has 0 amide bonds. The molecule has 3 heteroatoms. The molecular formula is C66H43N3. The van der Waals surface area contributed by atoms with E-state index in [2.05, 4.69) is 270 Å². The molecule has 322 valence electrons. The van der Waals surface area contributed by atoms with Gasteiger partial charge in [0.15, 0.2) is 0 Å². The molecule has 3 nitrogen and oxygen atoms in total. The van der Waals surface area contributed by atoms with Crippen molar-refractivity contribution >= 4 is 38.9 Å². The normalized spacial score (nSPS) is 13.0. The fourth-order valence-electron chi connectivity index (χ4n) is 11.7. The lowest BCUT2D eigenvalue weighted by atomic mass is 9.64. The molecule has 0 atom stereocenters. The van der Waals surface area contributed by atoms with Gasteiger partial charge in [0.05, 0.1) is 39.2 Å². The number of fused-ring (bicyclic) bond motifs is 12. The number of hydrogen-bond donors (Lipinski definition) is 0. The number of anilines is 3. The summed E-state index contributed by atoms with van der Waals surface area (Å²) in [6, 6.07) is 95.5. The molecule has 3 heterocycles. The van der Waals surface area contributed by atoms with Crippen LogP contribution in [0.15, 0.2) is 261 Å². The van der Waals surface area contributed by atoms with Gasteiger partial charge in [-0.1, -0.05) is 194 Å². The van der Waals surface area contributed by atoms with E-state index in [1.807, 2.05) is 0 Å². The molecule has 0 saturated heterocycles. The van der Waals surface area contributed by atoms with Gasteiger partial charge >= 0.3 is 0 Å². The Kier molecular flexibility index (Phi) is 8.80. The zero-order valence-corrected chi connectivity index (χ0v) is 37.7. The number of benzene rings is 10. The predicted octanol–water partition coefficient (Wildman–Crippen LogP) is 17.0. The second-order valence-electron chi connectivity index (χ2n) is 18.2. The first-order valence-corrected chi connectivity index (χ1v) is 23.8. The topological polar surface area (TPSA) is 21.1 Å². The van der Waals surface area contributed by atoms with E-state index in [-0.39, 0.29) is 0 Å². The highest BCUT2D eigenvalue weighted by molar-refractivity contribution is 6.10. The average Bonchev–Trinajstić information content (AvgIpc) is 3.92. The standard InChI is InChI=1S/C66H43N3/c1-5-20-44(21-6-1)48-41-59(45-22-7-2-8-23-45)67-60(42-48)53-29-19-32-58-65(53)54-40-46(47-36-38-52-51-28-13-16-33-61(51)68(64(52)43-47)49-24-9-3-10-25-49)37-39-55(54)66(58)56-30-14-17-34-62(56)69(50-26-11-4-12-27-50)63-35-18-15-31-57(63)66/h1-43H. The van der Waals surface area contributed by atoms with Crippen molar-refractivity contribution in [3.63, 3.8) is 0 Å². The van der Waals surface area contributed by atoms with Crippen molar-refractivity contribution in [3.8, 4) is 61.6 Å². The zero-order valence-electron chi connectivity index (χ0n) is 37.7.